The van der Waals surface area contributed by atoms with Crippen molar-refractivity contribution in [1.29, 1.82) is 0 Å². The fraction of sp³-hybridized carbons (Fsp3) is 0.286. The lowest BCUT2D eigenvalue weighted by atomic mass is 10.1. The summed E-state index contributed by atoms with van der Waals surface area (Å²) in [5, 5.41) is 4.59. The maximum atomic E-state index is 3.85. The molecule has 16 heavy (non-hydrogen) atoms. The normalized spacial score (nSPS) is 12.9. The van der Waals surface area contributed by atoms with Crippen LogP contribution in [-0.2, 0) is 13.5 Å². The summed E-state index contributed by atoms with van der Waals surface area (Å²) in [7, 11) is 4.06. The van der Waals surface area contributed by atoms with Gasteiger partial charge < -0.3 is 9.88 Å². The molecular weight excluding hydrogens is 196 g/mol. The van der Waals surface area contributed by atoms with E-state index in [4.69, 9.17) is 0 Å². The first-order valence-electron chi connectivity index (χ1n) is 5.59. The van der Waals surface area contributed by atoms with E-state index >= 15 is 0 Å². The second kappa shape index (κ2) is 4.54. The van der Waals surface area contributed by atoms with E-state index in [1.54, 1.807) is 0 Å². The highest BCUT2D eigenvalue weighted by atomic mass is 14.9. The molecule has 0 aliphatic rings. The Morgan fingerprint density at radius 3 is 2.88 bits per heavy atom. The lowest BCUT2D eigenvalue weighted by Gasteiger charge is -2.09. The number of para-hydroxylation sites is 1. The number of aromatic nitrogens is 1. The van der Waals surface area contributed by atoms with Crippen LogP contribution in [0.4, 0.5) is 0 Å². The van der Waals surface area contributed by atoms with Crippen LogP contribution in [0.2, 0.25) is 0 Å². The highest BCUT2D eigenvalue weighted by Crippen LogP contribution is 2.21. The number of hydrogen-bond donors (Lipinski definition) is 1. The first-order valence-corrected chi connectivity index (χ1v) is 5.59. The van der Waals surface area contributed by atoms with E-state index in [2.05, 4.69) is 54.0 Å². The van der Waals surface area contributed by atoms with Crippen molar-refractivity contribution in [3.63, 3.8) is 0 Å². The van der Waals surface area contributed by atoms with Crippen LogP contribution in [-0.4, -0.2) is 17.7 Å². The summed E-state index contributed by atoms with van der Waals surface area (Å²) < 4.78 is 2.18. The third-order valence-corrected chi connectivity index (χ3v) is 3.07. The number of fused-ring (bicyclic) bond motifs is 1. The minimum Gasteiger partial charge on any atom is -0.350 e. The molecule has 1 unspecified atom stereocenters. The van der Waals surface area contributed by atoms with Crippen molar-refractivity contribution in [1.82, 2.24) is 9.88 Å². The lowest BCUT2D eigenvalue weighted by Crippen LogP contribution is -2.24. The molecule has 0 aliphatic heterocycles. The topological polar surface area (TPSA) is 17.0 Å². The summed E-state index contributed by atoms with van der Waals surface area (Å²) in [6.07, 6.45) is 5.15. The highest BCUT2D eigenvalue weighted by molar-refractivity contribution is 5.83. The Balaban J connectivity index is 2.41. The third-order valence-electron chi connectivity index (χ3n) is 3.07. The Hall–Kier alpha value is -1.54. The molecule has 0 saturated carbocycles. The molecule has 0 fully saturated rings. The smallest absolute Gasteiger partial charge is 0.0480 e. The van der Waals surface area contributed by atoms with Gasteiger partial charge in [0.25, 0.3) is 0 Å². The second-order valence-electron chi connectivity index (χ2n) is 4.12. The number of likely N-dealkylation sites (N-methyl/N-ethyl adjacent to an activating group) is 1. The van der Waals surface area contributed by atoms with Gasteiger partial charge in [0.2, 0.25) is 0 Å². The number of nitrogens with one attached hydrogen (secondary N) is 1. The first-order chi connectivity index (χ1) is 7.76. The average molecular weight is 214 g/mol. The number of aryl methyl sites for hydroxylation is 1. The van der Waals surface area contributed by atoms with Crippen LogP contribution in [0.5, 0.6) is 0 Å². The van der Waals surface area contributed by atoms with Crippen LogP contribution in [0.25, 0.3) is 10.9 Å². The van der Waals surface area contributed by atoms with Crippen LogP contribution in [0.3, 0.4) is 0 Å². The molecule has 0 spiro atoms. The Labute approximate surface area is 96.6 Å². The molecule has 84 valence electrons. The number of rotatable bonds is 4. The van der Waals surface area contributed by atoms with Gasteiger partial charge in [-0.2, -0.15) is 0 Å². The minimum absolute atomic E-state index is 0.339. The monoisotopic (exact) mass is 214 g/mol. The predicted octanol–water partition coefficient (Wildman–Crippen LogP) is 2.49. The molecule has 2 heteroatoms. The molecule has 2 rings (SSSR count). The van der Waals surface area contributed by atoms with Gasteiger partial charge >= 0.3 is 0 Å². The van der Waals surface area contributed by atoms with Gasteiger partial charge in [0.15, 0.2) is 0 Å². The lowest BCUT2D eigenvalue weighted by molar-refractivity contribution is 0.666. The van der Waals surface area contributed by atoms with Crippen molar-refractivity contribution >= 4 is 10.9 Å². The van der Waals surface area contributed by atoms with Crippen molar-refractivity contribution in [2.24, 2.45) is 7.05 Å². The number of benzene rings is 1. The number of hydrogen-bond acceptors (Lipinski definition) is 1. The minimum atomic E-state index is 0.339. The van der Waals surface area contributed by atoms with Crippen LogP contribution in [0.1, 0.15) is 5.56 Å². The van der Waals surface area contributed by atoms with E-state index in [1.165, 1.54) is 16.5 Å². The van der Waals surface area contributed by atoms with Crippen LogP contribution in [0.15, 0.2) is 43.1 Å². The van der Waals surface area contributed by atoms with Gasteiger partial charge in [-0.25, -0.2) is 0 Å². The van der Waals surface area contributed by atoms with Gasteiger partial charge in [-0.05, 0) is 25.1 Å². The Morgan fingerprint density at radius 2 is 2.19 bits per heavy atom. The molecule has 0 aliphatic carbocycles. The van der Waals surface area contributed by atoms with Crippen LogP contribution < -0.4 is 5.32 Å². The van der Waals surface area contributed by atoms with E-state index < -0.39 is 0 Å². The van der Waals surface area contributed by atoms with Gasteiger partial charge in [0, 0.05) is 30.2 Å². The summed E-state index contributed by atoms with van der Waals surface area (Å²) in [4.78, 5) is 0. The average Bonchev–Trinajstić information content (AvgIpc) is 2.64. The van der Waals surface area contributed by atoms with E-state index in [1.807, 2.05) is 13.1 Å². The maximum Gasteiger partial charge on any atom is 0.0480 e. The first kappa shape index (κ1) is 11.0. The Bertz CT molecular complexity index is 496. The highest BCUT2D eigenvalue weighted by Gasteiger charge is 2.09. The summed E-state index contributed by atoms with van der Waals surface area (Å²) in [6, 6.07) is 8.84. The van der Waals surface area contributed by atoms with Crippen LogP contribution >= 0.6 is 0 Å². The molecule has 1 aromatic heterocycles. The fourth-order valence-corrected chi connectivity index (χ4v) is 2.13. The molecule has 0 bridgehead atoms. The molecule has 2 aromatic rings. The molecule has 1 aromatic carbocycles. The Kier molecular flexibility index (Phi) is 3.11. The summed E-state index contributed by atoms with van der Waals surface area (Å²) >= 11 is 0. The summed E-state index contributed by atoms with van der Waals surface area (Å²) in [5.74, 6) is 0. The largest absolute Gasteiger partial charge is 0.350 e. The van der Waals surface area contributed by atoms with Crippen LogP contribution in [0, 0.1) is 0 Å². The van der Waals surface area contributed by atoms with Gasteiger partial charge in [-0.1, -0.05) is 24.3 Å². The molecule has 0 radical (unpaired) electrons. The zero-order valence-corrected chi connectivity index (χ0v) is 9.90. The fourth-order valence-electron chi connectivity index (χ4n) is 2.13. The molecular formula is C14H18N2. The third kappa shape index (κ3) is 1.89. The zero-order valence-electron chi connectivity index (χ0n) is 9.90. The maximum absolute atomic E-state index is 3.85. The molecule has 0 amide bonds. The van der Waals surface area contributed by atoms with E-state index in [0.717, 1.165) is 6.42 Å². The van der Waals surface area contributed by atoms with Gasteiger partial charge in [0.05, 0.1) is 0 Å². The summed E-state index contributed by atoms with van der Waals surface area (Å²) in [6.45, 7) is 3.85. The van der Waals surface area contributed by atoms with E-state index in [0.29, 0.717) is 6.04 Å². The molecule has 0 saturated heterocycles. The molecule has 1 atom stereocenters. The van der Waals surface area contributed by atoms with Crippen molar-refractivity contribution in [2.75, 3.05) is 7.05 Å². The van der Waals surface area contributed by atoms with Gasteiger partial charge in [0.1, 0.15) is 0 Å². The zero-order chi connectivity index (χ0) is 11.5. The van der Waals surface area contributed by atoms with Gasteiger partial charge in [-0.3, -0.25) is 0 Å². The molecule has 1 N–H and O–H groups in total. The van der Waals surface area contributed by atoms with Crippen molar-refractivity contribution < 1.29 is 0 Å². The van der Waals surface area contributed by atoms with Crippen molar-refractivity contribution in [3.05, 3.63) is 48.7 Å². The van der Waals surface area contributed by atoms with Crippen molar-refractivity contribution in [3.8, 4) is 0 Å². The van der Waals surface area contributed by atoms with Crippen molar-refractivity contribution in [2.45, 2.75) is 12.5 Å². The predicted molar refractivity (Wildman–Crippen MR) is 69.7 cm³/mol. The molecule has 2 nitrogen and oxygen atoms in total. The van der Waals surface area contributed by atoms with E-state index in [9.17, 15) is 0 Å². The number of nitrogens with zero attached hydrogens (tertiary/aromatic N) is 1. The SMILES string of the molecule is C=CC(Cc1cn(C)c2ccccc12)NC. The molecule has 1 heterocycles. The second-order valence-corrected chi connectivity index (χ2v) is 4.12. The summed E-state index contributed by atoms with van der Waals surface area (Å²) in [5.41, 5.74) is 2.66. The quantitative estimate of drug-likeness (QED) is 0.774. The standard InChI is InChI=1S/C14H18N2/c1-4-12(15-2)9-11-10-16(3)14-8-6-5-7-13(11)14/h4-8,10,12,15H,1,9H2,2-3H3. The van der Waals surface area contributed by atoms with E-state index in [-0.39, 0.29) is 0 Å². The Morgan fingerprint density at radius 1 is 1.44 bits per heavy atom. The van der Waals surface area contributed by atoms with Gasteiger partial charge in [-0.15, -0.1) is 6.58 Å².